The predicted molar refractivity (Wildman–Crippen MR) is 221 cm³/mol. The molecule has 314 valence electrons. The number of unbranched alkanes of at least 4 members (excludes halogenated alkanes) is 27. The minimum Gasteiger partial charge on any atom is -0.462 e. The van der Waals surface area contributed by atoms with Gasteiger partial charge in [-0.15, -0.1) is 0 Å². The number of esters is 2. The molecule has 0 aromatic carbocycles. The van der Waals surface area contributed by atoms with Gasteiger partial charge in [-0.2, -0.15) is 0 Å². The van der Waals surface area contributed by atoms with E-state index >= 15 is 0 Å². The van der Waals surface area contributed by atoms with Crippen molar-refractivity contribution >= 4 is 19.8 Å². The first-order valence-electron chi connectivity index (χ1n) is 22.5. The van der Waals surface area contributed by atoms with Gasteiger partial charge < -0.3 is 14.4 Å². The second-order valence-electron chi connectivity index (χ2n) is 15.1. The lowest BCUT2D eigenvalue weighted by molar-refractivity contribution is -0.161. The van der Waals surface area contributed by atoms with Crippen molar-refractivity contribution in [2.75, 3.05) is 19.8 Å². The van der Waals surface area contributed by atoms with Gasteiger partial charge in [0.1, 0.15) is 6.61 Å². The Morgan fingerprint density at radius 2 is 0.868 bits per heavy atom. The topological polar surface area (TPSA) is 108 Å². The average Bonchev–Trinajstić information content (AvgIpc) is 3.14. The molecule has 0 fully saturated rings. The fourth-order valence-electron chi connectivity index (χ4n) is 6.37. The van der Waals surface area contributed by atoms with Gasteiger partial charge in [-0.1, -0.05) is 187 Å². The third kappa shape index (κ3) is 40.3. The summed E-state index contributed by atoms with van der Waals surface area (Å²) in [6, 6.07) is 0. The first-order valence-corrected chi connectivity index (χ1v) is 24.0. The van der Waals surface area contributed by atoms with E-state index in [-0.39, 0.29) is 32.2 Å². The van der Waals surface area contributed by atoms with Gasteiger partial charge in [0.2, 0.25) is 0 Å². The highest BCUT2D eigenvalue weighted by Crippen LogP contribution is 2.43. The van der Waals surface area contributed by atoms with Crippen LogP contribution in [0.25, 0.3) is 0 Å². The summed E-state index contributed by atoms with van der Waals surface area (Å²) in [5.74, 6) is -0.784. The van der Waals surface area contributed by atoms with E-state index in [4.69, 9.17) is 18.5 Å². The first kappa shape index (κ1) is 51.8. The lowest BCUT2D eigenvalue weighted by atomic mass is 10.0. The van der Waals surface area contributed by atoms with E-state index in [2.05, 4.69) is 26.0 Å². The van der Waals surface area contributed by atoms with Gasteiger partial charge in [0.25, 0.3) is 0 Å². The van der Waals surface area contributed by atoms with Crippen LogP contribution in [-0.2, 0) is 32.7 Å². The van der Waals surface area contributed by atoms with Crippen molar-refractivity contribution in [2.45, 2.75) is 239 Å². The van der Waals surface area contributed by atoms with E-state index in [1.807, 2.05) is 6.92 Å². The molecule has 2 atom stereocenters. The van der Waals surface area contributed by atoms with Crippen LogP contribution >= 0.6 is 7.82 Å². The van der Waals surface area contributed by atoms with Crippen LogP contribution in [0.1, 0.15) is 233 Å². The SMILES string of the molecule is CCCCCCCC/C=C\CCCCCCCCCCCC(=O)O[C@H](COC(=O)CCCCCCCCCCCCCCC)COP(=O)(O)OCCC. The Bertz CT molecular complexity index is 879. The van der Waals surface area contributed by atoms with Crippen molar-refractivity contribution in [3.05, 3.63) is 12.2 Å². The predicted octanol–water partition coefficient (Wildman–Crippen LogP) is 14.1. The van der Waals surface area contributed by atoms with Crippen LogP contribution in [0.2, 0.25) is 0 Å². The maximum atomic E-state index is 12.6. The molecule has 0 saturated carbocycles. The molecule has 1 unspecified atom stereocenters. The van der Waals surface area contributed by atoms with Crippen molar-refractivity contribution in [1.82, 2.24) is 0 Å². The van der Waals surface area contributed by atoms with Gasteiger partial charge in [-0.3, -0.25) is 18.6 Å². The number of phosphoric acid groups is 1. The summed E-state index contributed by atoms with van der Waals surface area (Å²) in [6.45, 7) is 5.81. The third-order valence-electron chi connectivity index (χ3n) is 9.74. The fraction of sp³-hybridized carbons (Fsp3) is 0.909. The summed E-state index contributed by atoms with van der Waals surface area (Å²) in [6.07, 6.45) is 41.7. The minimum absolute atomic E-state index is 0.0728. The Balaban J connectivity index is 4.10. The molecule has 0 aromatic heterocycles. The van der Waals surface area contributed by atoms with Crippen LogP contribution in [0.3, 0.4) is 0 Å². The zero-order chi connectivity index (χ0) is 38.9. The molecule has 0 aliphatic heterocycles. The Labute approximate surface area is 327 Å². The molecule has 8 nitrogen and oxygen atoms in total. The number of rotatable bonds is 42. The number of hydrogen-bond donors (Lipinski definition) is 1. The summed E-state index contributed by atoms with van der Waals surface area (Å²) >= 11 is 0. The van der Waals surface area contributed by atoms with Gasteiger partial charge in [0.15, 0.2) is 6.10 Å². The number of carbonyl (C=O) groups is 2. The summed E-state index contributed by atoms with van der Waals surface area (Å²) in [5.41, 5.74) is 0. The number of ether oxygens (including phenoxy) is 2. The molecule has 0 aromatic rings. The van der Waals surface area contributed by atoms with Gasteiger partial charge >= 0.3 is 19.8 Å². The molecule has 0 heterocycles. The monoisotopic (exact) mass is 773 g/mol. The van der Waals surface area contributed by atoms with Crippen LogP contribution in [-0.4, -0.2) is 42.8 Å². The maximum absolute atomic E-state index is 12.6. The molecular formula is C44H85O8P. The molecular weight excluding hydrogens is 687 g/mol. The molecule has 0 spiro atoms. The second kappa shape index (κ2) is 40.5. The summed E-state index contributed by atoms with van der Waals surface area (Å²) < 4.78 is 33.1. The molecule has 53 heavy (non-hydrogen) atoms. The Kier molecular flexibility index (Phi) is 39.5. The van der Waals surface area contributed by atoms with E-state index in [0.717, 1.165) is 32.1 Å². The van der Waals surface area contributed by atoms with Crippen LogP contribution in [0.5, 0.6) is 0 Å². The van der Waals surface area contributed by atoms with Crippen LogP contribution in [0.15, 0.2) is 12.2 Å². The van der Waals surface area contributed by atoms with Crippen LogP contribution in [0, 0.1) is 0 Å². The fourth-order valence-corrected chi connectivity index (χ4v) is 7.22. The molecule has 0 saturated heterocycles. The Morgan fingerprint density at radius 3 is 1.28 bits per heavy atom. The summed E-state index contributed by atoms with van der Waals surface area (Å²) in [5, 5.41) is 0. The molecule has 0 aliphatic rings. The van der Waals surface area contributed by atoms with Crippen molar-refractivity contribution in [2.24, 2.45) is 0 Å². The van der Waals surface area contributed by atoms with E-state index in [1.165, 1.54) is 154 Å². The normalized spacial score (nSPS) is 13.4. The second-order valence-corrected chi connectivity index (χ2v) is 16.6. The van der Waals surface area contributed by atoms with Crippen LogP contribution in [0.4, 0.5) is 0 Å². The molecule has 0 bridgehead atoms. The Morgan fingerprint density at radius 1 is 0.491 bits per heavy atom. The third-order valence-corrected chi connectivity index (χ3v) is 10.7. The number of phosphoric ester groups is 1. The number of hydrogen-bond acceptors (Lipinski definition) is 7. The largest absolute Gasteiger partial charge is 0.472 e. The van der Waals surface area contributed by atoms with E-state index in [1.54, 1.807) is 0 Å². The van der Waals surface area contributed by atoms with E-state index in [9.17, 15) is 19.0 Å². The quantitative estimate of drug-likeness (QED) is 0.0283. The van der Waals surface area contributed by atoms with Gasteiger partial charge in [-0.25, -0.2) is 4.57 Å². The zero-order valence-corrected chi connectivity index (χ0v) is 35.8. The van der Waals surface area contributed by atoms with Crippen molar-refractivity contribution < 1.29 is 37.6 Å². The number of carbonyl (C=O) groups excluding carboxylic acids is 2. The van der Waals surface area contributed by atoms with Gasteiger partial charge in [0.05, 0.1) is 13.2 Å². The van der Waals surface area contributed by atoms with Crippen molar-refractivity contribution in [3.8, 4) is 0 Å². The van der Waals surface area contributed by atoms with Crippen LogP contribution < -0.4 is 0 Å². The maximum Gasteiger partial charge on any atom is 0.472 e. The average molecular weight is 773 g/mol. The summed E-state index contributed by atoms with van der Waals surface area (Å²) in [7, 11) is -4.29. The molecule has 0 aliphatic carbocycles. The summed E-state index contributed by atoms with van der Waals surface area (Å²) in [4.78, 5) is 34.9. The first-order chi connectivity index (χ1) is 25.8. The zero-order valence-electron chi connectivity index (χ0n) is 34.9. The lowest BCUT2D eigenvalue weighted by Crippen LogP contribution is -2.29. The highest BCUT2D eigenvalue weighted by atomic mass is 31.2. The molecule has 9 heteroatoms. The van der Waals surface area contributed by atoms with Gasteiger partial charge in [-0.05, 0) is 44.9 Å². The lowest BCUT2D eigenvalue weighted by Gasteiger charge is -2.20. The molecule has 0 radical (unpaired) electrons. The Hall–Kier alpha value is -1.21. The van der Waals surface area contributed by atoms with E-state index < -0.39 is 19.9 Å². The standard InChI is InChI=1S/C44H85O8P/c1-4-7-9-11-13-15-17-19-20-21-22-23-24-26-28-30-32-34-36-38-44(46)52-42(41-51-53(47,48)50-39-6-3)40-49-43(45)37-35-33-31-29-27-25-18-16-14-12-10-8-5-2/h19-20,42H,4-18,21-41H2,1-3H3,(H,47,48)/b20-19-/t42-/m1/s1. The van der Waals surface area contributed by atoms with Crippen molar-refractivity contribution in [3.63, 3.8) is 0 Å². The van der Waals surface area contributed by atoms with Crippen molar-refractivity contribution in [1.29, 1.82) is 0 Å². The molecule has 0 rings (SSSR count). The smallest absolute Gasteiger partial charge is 0.462 e. The highest BCUT2D eigenvalue weighted by molar-refractivity contribution is 7.47. The number of allylic oxidation sites excluding steroid dienone is 2. The van der Waals surface area contributed by atoms with E-state index in [0.29, 0.717) is 19.3 Å². The minimum atomic E-state index is -4.29. The highest BCUT2D eigenvalue weighted by Gasteiger charge is 2.25. The molecule has 1 N–H and O–H groups in total. The van der Waals surface area contributed by atoms with Gasteiger partial charge in [0, 0.05) is 12.8 Å². The molecule has 0 amide bonds.